The predicted octanol–water partition coefficient (Wildman–Crippen LogP) is 17.0. The third kappa shape index (κ3) is 11.7. The van der Waals surface area contributed by atoms with Crippen LogP contribution >= 0.6 is 0 Å². The number of aliphatic carboxylic acids is 1. The SMILES string of the molecule is C=C(OC(CC12CCC3C(CCC4C3(C)CCC3(CC)C(C)C(OC(CC(C)(C)C(=O)O)=C5CC5)CCC43C)C1=C(C(C)C)/C(=C\CC)C2)=NC)c1ccc(C(C)C)cc1.CC.CCC.O.[CH3-].[Y]. The average molecular weight is 1020 g/mol. The van der Waals surface area contributed by atoms with Crippen molar-refractivity contribution in [3.8, 4) is 0 Å². The maximum absolute atomic E-state index is 12.2. The fourth-order valence-electron chi connectivity index (χ4n) is 14.9. The monoisotopic (exact) mass is 1020 g/mol. The van der Waals surface area contributed by atoms with E-state index in [1.54, 1.807) is 16.7 Å². The van der Waals surface area contributed by atoms with Crippen molar-refractivity contribution in [1.29, 1.82) is 0 Å². The number of carboxylic acid groups (broad SMARTS) is 1. The largest absolute Gasteiger partial charge is 0.494 e. The molecule has 3 N–H and O–H groups in total. The molecule has 1 aromatic carbocycles. The van der Waals surface area contributed by atoms with E-state index in [1.807, 2.05) is 34.7 Å². The van der Waals surface area contributed by atoms with Gasteiger partial charge in [0, 0.05) is 63.6 Å². The molecule has 383 valence electrons. The summed E-state index contributed by atoms with van der Waals surface area (Å²) in [5.41, 5.74) is 8.66. The standard InChI is InChI=1S/C55H81NO4.C3H8.C2H6.CH3.H2O.Y/c1-14-16-41-31-54(33-47(56-13)59-37(8)39-19-17-38(18-20-39)34(3)4)28-25-43-42(49(54)48(41)35(5)6)23-24-46-52(43,11)29-30-55(15-2)36(7)44(26-27-53(46,55)12)60-45(40-21-22-40)32-51(9,10)50(57)58;1-3-2;1-2;;;/h16-20,34-36,42-44,46H,8,14-15,21-33H2,1-7,9-13H3,(H,57,58);3H2,1-2H3;1-2H3;1H3;1H2;/q;;;-1;;/b41-16-,56-47?;;;;;. The maximum atomic E-state index is 12.2. The number of carboxylic acids is 1. The van der Waals surface area contributed by atoms with E-state index in [0.29, 0.717) is 47.7 Å². The van der Waals surface area contributed by atoms with Crippen LogP contribution in [0.1, 0.15) is 224 Å². The number of carbonyl (C=O) groups is 1. The zero-order chi connectivity index (χ0) is 48.3. The van der Waals surface area contributed by atoms with Gasteiger partial charge in [-0.05, 0) is 171 Å². The van der Waals surface area contributed by atoms with Crippen molar-refractivity contribution >= 4 is 17.6 Å². The molecule has 5 saturated carbocycles. The second-order valence-electron chi connectivity index (χ2n) is 23.1. The molecule has 1 aromatic rings. The van der Waals surface area contributed by atoms with Crippen LogP contribution in [-0.4, -0.2) is 35.6 Å². The molecule has 7 heteroatoms. The summed E-state index contributed by atoms with van der Waals surface area (Å²) in [4.78, 5) is 17.1. The summed E-state index contributed by atoms with van der Waals surface area (Å²) in [6, 6.07) is 8.70. The molecule has 0 aliphatic heterocycles. The Labute approximate surface area is 443 Å². The third-order valence-electron chi connectivity index (χ3n) is 18.2. The zero-order valence-electron chi connectivity index (χ0n) is 46.6. The van der Waals surface area contributed by atoms with Crippen LogP contribution in [0.4, 0.5) is 0 Å². The van der Waals surface area contributed by atoms with Gasteiger partial charge in [-0.15, -0.1) is 0 Å². The van der Waals surface area contributed by atoms with Crippen LogP contribution in [0.5, 0.6) is 0 Å². The first-order chi connectivity index (χ1) is 30.7. The van der Waals surface area contributed by atoms with E-state index in [1.165, 1.54) is 68.9 Å². The fraction of sp³-hybridized carbons (Fsp3) is 0.721. The first-order valence-corrected chi connectivity index (χ1v) is 26.7. The smallest absolute Gasteiger partial charge is 0.309 e. The first kappa shape index (κ1) is 62.1. The molecular weight excluding hydrogens is 916 g/mol. The third-order valence-corrected chi connectivity index (χ3v) is 18.2. The van der Waals surface area contributed by atoms with Gasteiger partial charge in [0.1, 0.15) is 11.9 Å². The average Bonchev–Trinajstić information content (AvgIpc) is 4.07. The molecule has 0 amide bonds. The summed E-state index contributed by atoms with van der Waals surface area (Å²) in [6.45, 7) is 38.5. The van der Waals surface area contributed by atoms with Crippen LogP contribution in [0.2, 0.25) is 0 Å². The Hall–Kier alpha value is -2.02. The summed E-state index contributed by atoms with van der Waals surface area (Å²) >= 11 is 0. The van der Waals surface area contributed by atoms with Gasteiger partial charge in [-0.25, -0.2) is 0 Å². The van der Waals surface area contributed by atoms with Gasteiger partial charge in [0.15, 0.2) is 5.90 Å². The normalized spacial score (nSPS) is 32.0. The molecule has 6 aliphatic rings. The van der Waals surface area contributed by atoms with Crippen LogP contribution in [-0.2, 0) is 47.0 Å². The van der Waals surface area contributed by atoms with Crippen molar-refractivity contribution in [3.63, 3.8) is 0 Å². The van der Waals surface area contributed by atoms with Gasteiger partial charge in [-0.3, -0.25) is 9.79 Å². The van der Waals surface area contributed by atoms with E-state index in [4.69, 9.17) is 14.5 Å². The van der Waals surface area contributed by atoms with E-state index in [0.717, 1.165) is 55.7 Å². The van der Waals surface area contributed by atoms with Crippen LogP contribution in [0.25, 0.3) is 5.76 Å². The molecule has 9 unspecified atom stereocenters. The number of hydrogen-bond acceptors (Lipinski definition) is 4. The predicted molar refractivity (Wildman–Crippen MR) is 286 cm³/mol. The minimum Gasteiger partial charge on any atom is -0.494 e. The fourth-order valence-corrected chi connectivity index (χ4v) is 14.9. The van der Waals surface area contributed by atoms with Gasteiger partial charge in [-0.2, -0.15) is 0 Å². The Kier molecular flexibility index (Phi) is 22.9. The van der Waals surface area contributed by atoms with E-state index in [-0.39, 0.29) is 73.4 Å². The summed E-state index contributed by atoms with van der Waals surface area (Å²) in [5.74, 6) is 5.09. The molecule has 6 nitrogen and oxygen atoms in total. The number of aliphatic imine (C=N–C) groups is 1. The number of allylic oxidation sites excluding steroid dienone is 6. The molecule has 0 bridgehead atoms. The summed E-state index contributed by atoms with van der Waals surface area (Å²) in [7, 11) is 1.91. The topological polar surface area (TPSA) is 99.6 Å². The molecule has 1 radical (unpaired) electrons. The Bertz CT molecular complexity index is 1970. The van der Waals surface area contributed by atoms with E-state index < -0.39 is 11.4 Å². The number of nitrogens with zero attached hydrogens (tertiary/aromatic N) is 1. The van der Waals surface area contributed by atoms with E-state index in [9.17, 15) is 9.90 Å². The quantitative estimate of drug-likeness (QED) is 0.0921. The number of rotatable bonds is 13. The number of hydrogen-bond donors (Lipinski definition) is 1. The molecule has 0 aromatic heterocycles. The Morgan fingerprint density at radius 3 is 2.07 bits per heavy atom. The molecule has 7 rings (SSSR count). The van der Waals surface area contributed by atoms with Crippen molar-refractivity contribution in [1.82, 2.24) is 0 Å². The molecule has 6 aliphatic carbocycles. The maximum Gasteiger partial charge on any atom is 0.309 e. The van der Waals surface area contributed by atoms with Gasteiger partial charge >= 0.3 is 5.97 Å². The Morgan fingerprint density at radius 2 is 1.56 bits per heavy atom. The number of benzene rings is 1. The van der Waals surface area contributed by atoms with Crippen LogP contribution in [0, 0.1) is 64.1 Å². The van der Waals surface area contributed by atoms with Crippen LogP contribution in [0.15, 0.2) is 70.0 Å². The van der Waals surface area contributed by atoms with Crippen molar-refractivity contribution in [2.45, 2.75) is 219 Å². The minimum absolute atomic E-state index is 0. The van der Waals surface area contributed by atoms with Crippen LogP contribution < -0.4 is 0 Å². The molecular formula is C61H100NO5Y-. The second kappa shape index (κ2) is 25.1. The van der Waals surface area contributed by atoms with Gasteiger partial charge in [0.05, 0.1) is 11.2 Å². The summed E-state index contributed by atoms with van der Waals surface area (Å²) in [5, 5.41) is 10.0. The summed E-state index contributed by atoms with van der Waals surface area (Å²) < 4.78 is 13.8. The molecule has 5 fully saturated rings. The van der Waals surface area contributed by atoms with Gasteiger partial charge in [-0.1, -0.05) is 139 Å². The minimum atomic E-state index is -0.827. The van der Waals surface area contributed by atoms with Crippen molar-refractivity contribution in [3.05, 3.63) is 83.5 Å². The number of fused-ring (bicyclic) bond motifs is 7. The summed E-state index contributed by atoms with van der Waals surface area (Å²) in [6.07, 6.45) is 20.6. The van der Waals surface area contributed by atoms with Gasteiger partial charge < -0.3 is 27.5 Å². The zero-order valence-corrected chi connectivity index (χ0v) is 49.5. The van der Waals surface area contributed by atoms with Crippen molar-refractivity contribution in [2.24, 2.45) is 61.7 Å². The molecule has 0 saturated heterocycles. The molecule has 0 spiro atoms. The van der Waals surface area contributed by atoms with Gasteiger partial charge in [0.25, 0.3) is 0 Å². The molecule has 9 atom stereocenters. The van der Waals surface area contributed by atoms with Crippen molar-refractivity contribution < 1.29 is 57.6 Å². The van der Waals surface area contributed by atoms with E-state index in [2.05, 4.69) is 113 Å². The first-order valence-electron chi connectivity index (χ1n) is 26.7. The molecule has 0 heterocycles. The van der Waals surface area contributed by atoms with E-state index >= 15 is 0 Å². The molecule has 68 heavy (non-hydrogen) atoms. The Balaban J connectivity index is 0.00000191. The van der Waals surface area contributed by atoms with Gasteiger partial charge in [0.2, 0.25) is 0 Å². The van der Waals surface area contributed by atoms with Crippen molar-refractivity contribution in [2.75, 3.05) is 7.05 Å². The number of ether oxygens (including phenoxy) is 2. The van der Waals surface area contributed by atoms with Crippen LogP contribution in [0.3, 0.4) is 0 Å². The Morgan fingerprint density at radius 1 is 0.941 bits per heavy atom. The second-order valence-corrected chi connectivity index (χ2v) is 23.1.